The molecular formula is C14H14BrN3O2. The lowest BCUT2D eigenvalue weighted by Gasteiger charge is -2.29. The summed E-state index contributed by atoms with van der Waals surface area (Å²) in [5, 5.41) is 12.5. The number of fused-ring (bicyclic) bond motifs is 1. The second kappa shape index (κ2) is 5.03. The smallest absolute Gasteiger partial charge is 0.321 e. The fourth-order valence-electron chi connectivity index (χ4n) is 2.65. The third kappa shape index (κ3) is 2.25. The van der Waals surface area contributed by atoms with Crippen LogP contribution in [0.5, 0.6) is 0 Å². The Morgan fingerprint density at radius 1 is 1.55 bits per heavy atom. The van der Waals surface area contributed by atoms with Gasteiger partial charge in [-0.15, -0.1) is 0 Å². The molecule has 2 unspecified atom stereocenters. The average Bonchev–Trinajstić information content (AvgIpc) is 2.79. The van der Waals surface area contributed by atoms with E-state index in [0.29, 0.717) is 6.42 Å². The molecule has 6 heteroatoms. The van der Waals surface area contributed by atoms with Gasteiger partial charge in [0.2, 0.25) is 0 Å². The van der Waals surface area contributed by atoms with E-state index in [0.717, 1.165) is 21.4 Å². The summed E-state index contributed by atoms with van der Waals surface area (Å²) in [6.07, 6.45) is 2.15. The first-order valence-corrected chi connectivity index (χ1v) is 7.10. The summed E-state index contributed by atoms with van der Waals surface area (Å²) < 4.78 is 2.92. The van der Waals surface area contributed by atoms with Crippen molar-refractivity contribution in [2.24, 2.45) is 7.05 Å². The molecule has 0 fully saturated rings. The van der Waals surface area contributed by atoms with Gasteiger partial charge >= 0.3 is 5.97 Å². The Balaban J connectivity index is 2.08. The van der Waals surface area contributed by atoms with Crippen LogP contribution < -0.4 is 5.32 Å². The lowest BCUT2D eigenvalue weighted by Crippen LogP contribution is -2.45. The van der Waals surface area contributed by atoms with Crippen LogP contribution in [0.2, 0.25) is 0 Å². The van der Waals surface area contributed by atoms with Crippen LogP contribution >= 0.6 is 15.9 Å². The molecule has 3 rings (SSSR count). The van der Waals surface area contributed by atoms with Gasteiger partial charge in [-0.25, -0.2) is 4.98 Å². The molecule has 2 aromatic rings. The van der Waals surface area contributed by atoms with Gasteiger partial charge in [0.05, 0.1) is 23.8 Å². The number of imidazole rings is 1. The Morgan fingerprint density at radius 2 is 2.35 bits per heavy atom. The number of benzene rings is 1. The van der Waals surface area contributed by atoms with Crippen molar-refractivity contribution < 1.29 is 9.90 Å². The minimum atomic E-state index is -0.846. The predicted octanol–water partition coefficient (Wildman–Crippen LogP) is 1.87. The highest BCUT2D eigenvalue weighted by atomic mass is 79.9. The number of hydrogen-bond acceptors (Lipinski definition) is 3. The van der Waals surface area contributed by atoms with Crippen molar-refractivity contribution in [1.29, 1.82) is 0 Å². The lowest BCUT2D eigenvalue weighted by molar-refractivity contribution is -0.139. The van der Waals surface area contributed by atoms with Gasteiger partial charge in [-0.2, -0.15) is 0 Å². The second-order valence-corrected chi connectivity index (χ2v) is 5.85. The minimum Gasteiger partial charge on any atom is -0.480 e. The molecule has 0 aliphatic carbocycles. The van der Waals surface area contributed by atoms with Crippen molar-refractivity contribution in [2.75, 3.05) is 0 Å². The van der Waals surface area contributed by atoms with E-state index in [-0.39, 0.29) is 6.04 Å². The summed E-state index contributed by atoms with van der Waals surface area (Å²) in [4.78, 5) is 15.6. The van der Waals surface area contributed by atoms with Gasteiger partial charge in [0.1, 0.15) is 6.04 Å². The SMILES string of the molecule is Cn1cnc2c1C(c1cccc(Br)c1)NC(C(=O)O)C2. The van der Waals surface area contributed by atoms with Crippen molar-refractivity contribution in [3.63, 3.8) is 0 Å². The second-order valence-electron chi connectivity index (χ2n) is 4.94. The number of halogens is 1. The number of aryl methyl sites for hydroxylation is 1. The number of nitrogens with zero attached hydrogens (tertiary/aromatic N) is 2. The molecule has 20 heavy (non-hydrogen) atoms. The van der Waals surface area contributed by atoms with Crippen molar-refractivity contribution in [3.05, 3.63) is 52.0 Å². The summed E-state index contributed by atoms with van der Waals surface area (Å²) >= 11 is 3.46. The first-order valence-electron chi connectivity index (χ1n) is 6.30. The van der Waals surface area contributed by atoms with Crippen LogP contribution in [0, 0.1) is 0 Å². The lowest BCUT2D eigenvalue weighted by atomic mass is 9.94. The zero-order valence-corrected chi connectivity index (χ0v) is 12.5. The maximum Gasteiger partial charge on any atom is 0.321 e. The Hall–Kier alpha value is -1.66. The van der Waals surface area contributed by atoms with E-state index in [1.165, 1.54) is 0 Å². The van der Waals surface area contributed by atoms with Crippen LogP contribution in [0.1, 0.15) is 23.0 Å². The van der Waals surface area contributed by atoms with Crippen LogP contribution in [0.4, 0.5) is 0 Å². The van der Waals surface area contributed by atoms with Crippen molar-refractivity contribution in [1.82, 2.24) is 14.9 Å². The number of carboxylic acid groups (broad SMARTS) is 1. The third-order valence-corrected chi connectivity index (χ3v) is 4.07. The molecular weight excluding hydrogens is 322 g/mol. The van der Waals surface area contributed by atoms with E-state index in [4.69, 9.17) is 0 Å². The molecule has 0 saturated heterocycles. The maximum absolute atomic E-state index is 11.3. The number of carbonyl (C=O) groups is 1. The van der Waals surface area contributed by atoms with E-state index >= 15 is 0 Å². The molecule has 1 aromatic carbocycles. The van der Waals surface area contributed by atoms with E-state index in [9.17, 15) is 9.90 Å². The zero-order chi connectivity index (χ0) is 14.3. The zero-order valence-electron chi connectivity index (χ0n) is 10.9. The standard InChI is InChI=1S/C14H14BrN3O2/c1-18-7-16-10-6-11(14(19)20)17-12(13(10)18)8-3-2-4-9(15)5-8/h2-5,7,11-12,17H,6H2,1H3,(H,19,20). The summed E-state index contributed by atoms with van der Waals surface area (Å²) in [5.74, 6) is -0.846. The van der Waals surface area contributed by atoms with Gasteiger partial charge in [-0.3, -0.25) is 10.1 Å². The quantitative estimate of drug-likeness (QED) is 0.879. The van der Waals surface area contributed by atoms with E-state index < -0.39 is 12.0 Å². The van der Waals surface area contributed by atoms with Gasteiger partial charge in [0.25, 0.3) is 0 Å². The molecule has 1 aromatic heterocycles. The molecule has 0 spiro atoms. The summed E-state index contributed by atoms with van der Waals surface area (Å²) in [6.45, 7) is 0. The van der Waals surface area contributed by atoms with Gasteiger partial charge in [-0.1, -0.05) is 28.1 Å². The largest absolute Gasteiger partial charge is 0.480 e. The average molecular weight is 336 g/mol. The highest BCUT2D eigenvalue weighted by Gasteiger charge is 2.34. The van der Waals surface area contributed by atoms with Crippen molar-refractivity contribution >= 4 is 21.9 Å². The first-order chi connectivity index (χ1) is 9.56. The monoisotopic (exact) mass is 335 g/mol. The minimum absolute atomic E-state index is 0.162. The molecule has 5 nitrogen and oxygen atoms in total. The normalized spacial score (nSPS) is 21.5. The van der Waals surface area contributed by atoms with Gasteiger partial charge in [-0.05, 0) is 17.7 Å². The molecule has 1 aliphatic heterocycles. The van der Waals surface area contributed by atoms with Crippen LogP contribution in [0.15, 0.2) is 35.1 Å². The van der Waals surface area contributed by atoms with E-state index in [1.54, 1.807) is 6.33 Å². The fourth-order valence-corrected chi connectivity index (χ4v) is 3.06. The maximum atomic E-state index is 11.3. The number of hydrogen-bond donors (Lipinski definition) is 2. The molecule has 0 radical (unpaired) electrons. The number of aliphatic carboxylic acids is 1. The Morgan fingerprint density at radius 3 is 3.05 bits per heavy atom. The van der Waals surface area contributed by atoms with Crippen LogP contribution in [0.3, 0.4) is 0 Å². The Labute approximate surface area is 124 Å². The summed E-state index contributed by atoms with van der Waals surface area (Å²) in [6, 6.07) is 7.11. The molecule has 1 aliphatic rings. The number of carboxylic acids is 1. The van der Waals surface area contributed by atoms with Crippen LogP contribution in [0.25, 0.3) is 0 Å². The molecule has 0 amide bonds. The van der Waals surface area contributed by atoms with E-state index in [2.05, 4.69) is 26.2 Å². The van der Waals surface area contributed by atoms with E-state index in [1.807, 2.05) is 35.9 Å². The van der Waals surface area contributed by atoms with Crippen LogP contribution in [-0.2, 0) is 18.3 Å². The van der Waals surface area contributed by atoms with Crippen molar-refractivity contribution in [2.45, 2.75) is 18.5 Å². The highest BCUT2D eigenvalue weighted by Crippen LogP contribution is 2.31. The number of rotatable bonds is 2. The topological polar surface area (TPSA) is 67.2 Å². The highest BCUT2D eigenvalue weighted by molar-refractivity contribution is 9.10. The molecule has 104 valence electrons. The molecule has 2 N–H and O–H groups in total. The first kappa shape index (κ1) is 13.3. The Bertz CT molecular complexity index is 668. The molecule has 2 heterocycles. The van der Waals surface area contributed by atoms with Gasteiger partial charge in [0.15, 0.2) is 0 Å². The van der Waals surface area contributed by atoms with Gasteiger partial charge < -0.3 is 9.67 Å². The number of nitrogens with one attached hydrogen (secondary N) is 1. The Kier molecular flexibility index (Phi) is 3.35. The number of aromatic nitrogens is 2. The fraction of sp³-hybridized carbons (Fsp3) is 0.286. The summed E-state index contributed by atoms with van der Waals surface area (Å²) in [7, 11) is 1.93. The van der Waals surface area contributed by atoms with Gasteiger partial charge in [0, 0.05) is 17.9 Å². The predicted molar refractivity (Wildman–Crippen MR) is 77.5 cm³/mol. The molecule has 2 atom stereocenters. The summed E-state index contributed by atoms with van der Waals surface area (Å²) in [5.41, 5.74) is 2.90. The van der Waals surface area contributed by atoms with Crippen LogP contribution in [-0.4, -0.2) is 26.7 Å². The molecule has 0 bridgehead atoms. The molecule has 0 saturated carbocycles. The third-order valence-electron chi connectivity index (χ3n) is 3.58. The van der Waals surface area contributed by atoms with Crippen molar-refractivity contribution in [3.8, 4) is 0 Å².